The summed E-state index contributed by atoms with van der Waals surface area (Å²) in [6, 6.07) is 10.9. The Morgan fingerprint density at radius 3 is 2.52 bits per heavy atom. The molecule has 0 bridgehead atoms. The van der Waals surface area contributed by atoms with E-state index in [0.29, 0.717) is 5.41 Å². The molecule has 0 amide bonds. The fraction of sp³-hybridized carbons (Fsp3) is 0.684. The lowest BCUT2D eigenvalue weighted by atomic mass is 9.85. The molecule has 2 nitrogen and oxygen atoms in total. The maximum atomic E-state index is 3.67. The van der Waals surface area contributed by atoms with Crippen molar-refractivity contribution < 1.29 is 0 Å². The molecule has 0 saturated heterocycles. The lowest BCUT2D eigenvalue weighted by Crippen LogP contribution is -2.42. The third kappa shape index (κ3) is 5.44. The molecule has 0 spiro atoms. The number of hydrogen-bond acceptors (Lipinski definition) is 2. The van der Waals surface area contributed by atoms with Crippen LogP contribution in [0.5, 0.6) is 0 Å². The second kappa shape index (κ2) is 8.55. The molecule has 0 radical (unpaired) electrons. The van der Waals surface area contributed by atoms with Crippen molar-refractivity contribution in [3.8, 4) is 0 Å². The summed E-state index contributed by atoms with van der Waals surface area (Å²) >= 11 is 0. The molecule has 1 aliphatic rings. The first-order valence-electron chi connectivity index (χ1n) is 8.67. The summed E-state index contributed by atoms with van der Waals surface area (Å²) in [6.45, 7) is 7.03. The lowest BCUT2D eigenvalue weighted by Gasteiger charge is -2.34. The number of rotatable bonds is 9. The predicted octanol–water partition coefficient (Wildman–Crippen LogP) is 3.72. The molecule has 1 fully saturated rings. The van der Waals surface area contributed by atoms with Crippen LogP contribution in [0.4, 0.5) is 0 Å². The van der Waals surface area contributed by atoms with Crippen LogP contribution in [0.1, 0.15) is 44.6 Å². The van der Waals surface area contributed by atoms with Crippen molar-refractivity contribution in [1.82, 2.24) is 10.2 Å². The van der Waals surface area contributed by atoms with E-state index in [1.807, 2.05) is 0 Å². The highest BCUT2D eigenvalue weighted by atomic mass is 15.1. The van der Waals surface area contributed by atoms with Gasteiger partial charge in [-0.05, 0) is 50.3 Å². The summed E-state index contributed by atoms with van der Waals surface area (Å²) in [6.07, 6.45) is 8.04. The SMILES string of the molecule is CCCNCC1(CN(C)CCc2ccccc2)CCCC1. The highest BCUT2D eigenvalue weighted by Gasteiger charge is 2.34. The molecule has 0 aliphatic heterocycles. The Kier molecular flexibility index (Phi) is 6.72. The first kappa shape index (κ1) is 16.5. The van der Waals surface area contributed by atoms with Crippen LogP contribution in [-0.2, 0) is 6.42 Å². The average molecular weight is 288 g/mol. The minimum absolute atomic E-state index is 0.528. The van der Waals surface area contributed by atoms with Crippen LogP contribution in [0.25, 0.3) is 0 Å². The zero-order valence-electron chi connectivity index (χ0n) is 13.9. The molecule has 2 rings (SSSR count). The quantitative estimate of drug-likeness (QED) is 0.697. The molecule has 2 heteroatoms. The Morgan fingerprint density at radius 1 is 1.14 bits per heavy atom. The van der Waals surface area contributed by atoms with Crippen LogP contribution < -0.4 is 5.32 Å². The van der Waals surface area contributed by atoms with E-state index in [9.17, 15) is 0 Å². The lowest BCUT2D eigenvalue weighted by molar-refractivity contribution is 0.174. The maximum Gasteiger partial charge on any atom is 0.00472 e. The number of nitrogens with zero attached hydrogens (tertiary/aromatic N) is 1. The van der Waals surface area contributed by atoms with Crippen LogP contribution in [0, 0.1) is 5.41 Å². The van der Waals surface area contributed by atoms with Crippen LogP contribution in [-0.4, -0.2) is 38.1 Å². The smallest absolute Gasteiger partial charge is 0.00472 e. The molecule has 1 aliphatic carbocycles. The monoisotopic (exact) mass is 288 g/mol. The molecule has 1 aromatic rings. The van der Waals surface area contributed by atoms with Gasteiger partial charge in [0, 0.05) is 19.6 Å². The fourth-order valence-electron chi connectivity index (χ4n) is 3.66. The van der Waals surface area contributed by atoms with Gasteiger partial charge in [-0.2, -0.15) is 0 Å². The van der Waals surface area contributed by atoms with Crippen molar-refractivity contribution in [3.05, 3.63) is 35.9 Å². The number of likely N-dealkylation sites (N-methyl/N-ethyl adjacent to an activating group) is 1. The van der Waals surface area contributed by atoms with E-state index in [-0.39, 0.29) is 0 Å². The van der Waals surface area contributed by atoms with Gasteiger partial charge in [-0.1, -0.05) is 50.1 Å². The first-order chi connectivity index (χ1) is 10.2. The fourth-order valence-corrected chi connectivity index (χ4v) is 3.66. The number of benzene rings is 1. The molecule has 0 heterocycles. The molecule has 0 atom stereocenters. The number of nitrogens with one attached hydrogen (secondary N) is 1. The van der Waals surface area contributed by atoms with Crippen LogP contribution >= 0.6 is 0 Å². The summed E-state index contributed by atoms with van der Waals surface area (Å²) in [4.78, 5) is 2.55. The van der Waals surface area contributed by atoms with Gasteiger partial charge in [0.25, 0.3) is 0 Å². The highest BCUT2D eigenvalue weighted by Crippen LogP contribution is 2.38. The van der Waals surface area contributed by atoms with E-state index in [2.05, 4.69) is 54.5 Å². The summed E-state index contributed by atoms with van der Waals surface area (Å²) in [5.41, 5.74) is 1.98. The van der Waals surface area contributed by atoms with Gasteiger partial charge < -0.3 is 10.2 Å². The third-order valence-electron chi connectivity index (χ3n) is 4.82. The van der Waals surface area contributed by atoms with Gasteiger partial charge in [0.1, 0.15) is 0 Å². The molecular weight excluding hydrogens is 256 g/mol. The molecule has 1 N–H and O–H groups in total. The van der Waals surface area contributed by atoms with E-state index >= 15 is 0 Å². The van der Waals surface area contributed by atoms with Gasteiger partial charge in [0.05, 0.1) is 0 Å². The zero-order chi connectivity index (χ0) is 15.0. The third-order valence-corrected chi connectivity index (χ3v) is 4.82. The van der Waals surface area contributed by atoms with E-state index in [0.717, 1.165) is 13.0 Å². The topological polar surface area (TPSA) is 15.3 Å². The van der Waals surface area contributed by atoms with Gasteiger partial charge in [0.2, 0.25) is 0 Å². The van der Waals surface area contributed by atoms with E-state index < -0.39 is 0 Å². The van der Waals surface area contributed by atoms with E-state index in [1.165, 1.54) is 57.3 Å². The van der Waals surface area contributed by atoms with Gasteiger partial charge in [-0.25, -0.2) is 0 Å². The summed E-state index contributed by atoms with van der Waals surface area (Å²) in [5.74, 6) is 0. The molecule has 1 aromatic carbocycles. The van der Waals surface area contributed by atoms with Crippen molar-refractivity contribution in [3.63, 3.8) is 0 Å². The van der Waals surface area contributed by atoms with Crippen molar-refractivity contribution >= 4 is 0 Å². The van der Waals surface area contributed by atoms with Crippen LogP contribution in [0.3, 0.4) is 0 Å². The summed E-state index contributed by atoms with van der Waals surface area (Å²) < 4.78 is 0. The zero-order valence-corrected chi connectivity index (χ0v) is 13.9. The van der Waals surface area contributed by atoms with Crippen molar-refractivity contribution in [2.24, 2.45) is 5.41 Å². The molecule has 118 valence electrons. The Labute approximate surface area is 130 Å². The van der Waals surface area contributed by atoms with Crippen LogP contribution in [0.15, 0.2) is 30.3 Å². The van der Waals surface area contributed by atoms with Gasteiger partial charge in [-0.15, -0.1) is 0 Å². The van der Waals surface area contributed by atoms with E-state index in [1.54, 1.807) is 0 Å². The molecule has 0 aromatic heterocycles. The van der Waals surface area contributed by atoms with E-state index in [4.69, 9.17) is 0 Å². The molecule has 1 saturated carbocycles. The summed E-state index contributed by atoms with van der Waals surface area (Å²) in [7, 11) is 2.29. The minimum atomic E-state index is 0.528. The van der Waals surface area contributed by atoms with Crippen molar-refractivity contribution in [2.45, 2.75) is 45.4 Å². The van der Waals surface area contributed by atoms with Crippen molar-refractivity contribution in [2.75, 3.05) is 33.2 Å². The van der Waals surface area contributed by atoms with Gasteiger partial charge in [-0.3, -0.25) is 0 Å². The number of hydrogen-bond donors (Lipinski definition) is 1. The normalized spacial score (nSPS) is 17.5. The Bertz CT molecular complexity index is 382. The molecule has 0 unspecified atom stereocenters. The van der Waals surface area contributed by atoms with Crippen LogP contribution in [0.2, 0.25) is 0 Å². The van der Waals surface area contributed by atoms with Crippen molar-refractivity contribution in [1.29, 1.82) is 0 Å². The largest absolute Gasteiger partial charge is 0.316 e. The second-order valence-corrected chi connectivity index (χ2v) is 6.86. The Balaban J connectivity index is 1.79. The standard InChI is InChI=1S/C19H32N2/c1-3-14-20-16-19(12-7-8-13-19)17-21(2)15-11-18-9-5-4-6-10-18/h4-6,9-10,20H,3,7-8,11-17H2,1-2H3. The predicted molar refractivity (Wildman–Crippen MR) is 91.7 cm³/mol. The van der Waals surface area contributed by atoms with Gasteiger partial charge in [0.15, 0.2) is 0 Å². The second-order valence-electron chi connectivity index (χ2n) is 6.86. The van der Waals surface area contributed by atoms with Gasteiger partial charge >= 0.3 is 0 Å². The average Bonchev–Trinajstić information content (AvgIpc) is 2.95. The first-order valence-corrected chi connectivity index (χ1v) is 8.67. The Morgan fingerprint density at radius 2 is 1.86 bits per heavy atom. The highest BCUT2D eigenvalue weighted by molar-refractivity contribution is 5.14. The summed E-state index contributed by atoms with van der Waals surface area (Å²) in [5, 5.41) is 3.67. The molecule has 21 heavy (non-hydrogen) atoms. The molecular formula is C19H32N2. The maximum absolute atomic E-state index is 3.67. The minimum Gasteiger partial charge on any atom is -0.316 e. The Hall–Kier alpha value is -0.860.